The van der Waals surface area contributed by atoms with Crippen molar-refractivity contribution in [2.45, 2.75) is 38.0 Å². The highest BCUT2D eigenvalue weighted by Crippen LogP contribution is 2.23. The highest BCUT2D eigenvalue weighted by atomic mass is 32.2. The first kappa shape index (κ1) is 18.7. The van der Waals surface area contributed by atoms with Crippen molar-refractivity contribution >= 4 is 15.9 Å². The third-order valence-electron chi connectivity index (χ3n) is 4.22. The smallest absolute Gasteiger partial charge is 0.243 e. The van der Waals surface area contributed by atoms with E-state index < -0.39 is 10.0 Å². The van der Waals surface area contributed by atoms with Gasteiger partial charge < -0.3 is 9.64 Å². The highest BCUT2D eigenvalue weighted by Gasteiger charge is 2.26. The van der Waals surface area contributed by atoms with Crippen LogP contribution in [0.1, 0.15) is 31.7 Å². The summed E-state index contributed by atoms with van der Waals surface area (Å²) in [5, 5.41) is 0. The molecule has 1 amide bonds. The quantitative estimate of drug-likeness (QED) is 0.784. The Morgan fingerprint density at radius 1 is 1.25 bits per heavy atom. The summed E-state index contributed by atoms with van der Waals surface area (Å²) in [5.41, 5.74) is 0.758. The Hall–Kier alpha value is -1.60. The summed E-state index contributed by atoms with van der Waals surface area (Å²) in [4.78, 5) is 14.2. The van der Waals surface area contributed by atoms with Gasteiger partial charge in [-0.05, 0) is 56.9 Å². The highest BCUT2D eigenvalue weighted by molar-refractivity contribution is 7.89. The van der Waals surface area contributed by atoms with E-state index in [1.807, 2.05) is 13.8 Å². The van der Waals surface area contributed by atoms with Gasteiger partial charge in [-0.3, -0.25) is 4.79 Å². The minimum absolute atomic E-state index is 0.130. The van der Waals surface area contributed by atoms with Gasteiger partial charge in [-0.1, -0.05) is 0 Å². The van der Waals surface area contributed by atoms with Crippen LogP contribution >= 0.6 is 0 Å². The van der Waals surface area contributed by atoms with Crippen molar-refractivity contribution in [3.63, 3.8) is 0 Å². The summed E-state index contributed by atoms with van der Waals surface area (Å²) in [5.74, 6) is 0.534. The van der Waals surface area contributed by atoms with Crippen molar-refractivity contribution < 1.29 is 17.9 Å². The van der Waals surface area contributed by atoms with E-state index in [0.717, 1.165) is 42.2 Å². The van der Waals surface area contributed by atoms with E-state index >= 15 is 0 Å². The number of benzene rings is 1. The minimum Gasteiger partial charge on any atom is -0.494 e. The summed E-state index contributed by atoms with van der Waals surface area (Å²) in [6, 6.07) is 4.77. The van der Waals surface area contributed by atoms with Crippen molar-refractivity contribution in [2.24, 2.45) is 0 Å². The van der Waals surface area contributed by atoms with Crippen molar-refractivity contribution in [2.75, 3.05) is 33.3 Å². The average Bonchev–Trinajstić information content (AvgIpc) is 2.57. The lowest BCUT2D eigenvalue weighted by Gasteiger charge is -2.28. The number of rotatable bonds is 6. The standard InChI is InChI=1S/C17H26N2O4S/c1-4-23-16-9-8-15(12-14(16)2)24(21,22)18(3)13-17(20)19-10-6-5-7-11-19/h8-9,12H,4-7,10-11,13H2,1-3H3. The van der Waals surface area contributed by atoms with Crippen LogP contribution in [0.5, 0.6) is 5.75 Å². The summed E-state index contributed by atoms with van der Waals surface area (Å²) in [6.45, 7) is 5.52. The number of piperidine rings is 1. The number of ether oxygens (including phenoxy) is 1. The van der Waals surface area contributed by atoms with E-state index in [9.17, 15) is 13.2 Å². The molecule has 0 aromatic heterocycles. The molecule has 0 aliphatic carbocycles. The molecule has 0 bridgehead atoms. The van der Waals surface area contributed by atoms with Gasteiger partial charge in [0.1, 0.15) is 5.75 Å². The lowest BCUT2D eigenvalue weighted by molar-refractivity contribution is -0.132. The molecular formula is C17H26N2O4S. The molecule has 0 N–H and O–H groups in total. The maximum absolute atomic E-state index is 12.7. The van der Waals surface area contributed by atoms with Gasteiger partial charge in [-0.25, -0.2) is 8.42 Å². The second-order valence-corrected chi connectivity index (χ2v) is 8.11. The SMILES string of the molecule is CCOc1ccc(S(=O)(=O)N(C)CC(=O)N2CCCCC2)cc1C. The largest absolute Gasteiger partial charge is 0.494 e. The summed E-state index contributed by atoms with van der Waals surface area (Å²) in [6.07, 6.45) is 3.10. The van der Waals surface area contributed by atoms with E-state index in [0.29, 0.717) is 12.4 Å². The van der Waals surface area contributed by atoms with Crippen LogP contribution in [-0.4, -0.2) is 56.8 Å². The fraction of sp³-hybridized carbons (Fsp3) is 0.588. The van der Waals surface area contributed by atoms with E-state index in [1.54, 1.807) is 17.0 Å². The number of likely N-dealkylation sites (tertiary alicyclic amines) is 1. The Balaban J connectivity index is 2.10. The second-order valence-electron chi connectivity index (χ2n) is 6.06. The van der Waals surface area contributed by atoms with Crippen molar-refractivity contribution in [3.05, 3.63) is 23.8 Å². The number of likely N-dealkylation sites (N-methyl/N-ethyl adjacent to an activating group) is 1. The van der Waals surface area contributed by atoms with Gasteiger partial charge in [0.2, 0.25) is 15.9 Å². The first-order chi connectivity index (χ1) is 11.4. The normalized spacial score (nSPS) is 15.6. The topological polar surface area (TPSA) is 66.9 Å². The van der Waals surface area contributed by atoms with Crippen LogP contribution in [-0.2, 0) is 14.8 Å². The van der Waals surface area contributed by atoms with Crippen molar-refractivity contribution in [1.82, 2.24) is 9.21 Å². The van der Waals surface area contributed by atoms with Crippen molar-refractivity contribution in [3.8, 4) is 5.75 Å². The summed E-state index contributed by atoms with van der Waals surface area (Å²) in [7, 11) is -2.25. The summed E-state index contributed by atoms with van der Waals surface area (Å²) >= 11 is 0. The Morgan fingerprint density at radius 2 is 1.92 bits per heavy atom. The van der Waals surface area contributed by atoms with E-state index in [1.165, 1.54) is 13.1 Å². The molecule has 0 unspecified atom stereocenters. The number of carbonyl (C=O) groups is 1. The van der Waals surface area contributed by atoms with Crippen LogP contribution in [0.3, 0.4) is 0 Å². The fourth-order valence-electron chi connectivity index (χ4n) is 2.80. The van der Waals surface area contributed by atoms with Crippen LogP contribution in [0, 0.1) is 6.92 Å². The fourth-order valence-corrected chi connectivity index (χ4v) is 4.00. The molecule has 1 aromatic carbocycles. The van der Waals surface area contributed by atoms with Gasteiger partial charge in [-0.15, -0.1) is 0 Å². The van der Waals surface area contributed by atoms with Gasteiger partial charge in [0.05, 0.1) is 18.0 Å². The number of hydrogen-bond donors (Lipinski definition) is 0. The van der Waals surface area contributed by atoms with Gasteiger partial charge >= 0.3 is 0 Å². The first-order valence-corrected chi connectivity index (χ1v) is 9.78. The molecule has 0 spiro atoms. The first-order valence-electron chi connectivity index (χ1n) is 8.34. The molecule has 1 heterocycles. The van der Waals surface area contributed by atoms with Gasteiger partial charge in [0, 0.05) is 20.1 Å². The molecule has 0 atom stereocenters. The predicted octanol–water partition coefficient (Wildman–Crippen LogP) is 2.03. The van der Waals surface area contributed by atoms with E-state index in [2.05, 4.69) is 0 Å². The van der Waals surface area contributed by atoms with Crippen LogP contribution in [0.2, 0.25) is 0 Å². The van der Waals surface area contributed by atoms with Crippen molar-refractivity contribution in [1.29, 1.82) is 0 Å². The van der Waals surface area contributed by atoms with Crippen LogP contribution in [0.25, 0.3) is 0 Å². The number of aryl methyl sites for hydroxylation is 1. The molecule has 134 valence electrons. The van der Waals surface area contributed by atoms with E-state index in [4.69, 9.17) is 4.74 Å². The Labute approximate surface area is 144 Å². The number of sulfonamides is 1. The maximum atomic E-state index is 12.7. The predicted molar refractivity (Wildman–Crippen MR) is 92.6 cm³/mol. The van der Waals surface area contributed by atoms with Crippen LogP contribution in [0.15, 0.2) is 23.1 Å². The zero-order valence-electron chi connectivity index (χ0n) is 14.6. The Bertz CT molecular complexity index is 682. The van der Waals surface area contributed by atoms with Gasteiger partial charge in [0.25, 0.3) is 0 Å². The third kappa shape index (κ3) is 4.27. The zero-order chi connectivity index (χ0) is 17.7. The Morgan fingerprint density at radius 3 is 2.50 bits per heavy atom. The van der Waals surface area contributed by atoms with Crippen LogP contribution in [0.4, 0.5) is 0 Å². The van der Waals surface area contributed by atoms with Gasteiger partial charge in [-0.2, -0.15) is 4.31 Å². The molecule has 1 fully saturated rings. The molecule has 0 radical (unpaired) electrons. The zero-order valence-corrected chi connectivity index (χ0v) is 15.4. The maximum Gasteiger partial charge on any atom is 0.243 e. The molecule has 0 saturated carbocycles. The molecule has 1 saturated heterocycles. The molecule has 2 rings (SSSR count). The lowest BCUT2D eigenvalue weighted by atomic mass is 10.1. The van der Waals surface area contributed by atoms with E-state index in [-0.39, 0.29) is 17.3 Å². The monoisotopic (exact) mass is 354 g/mol. The molecule has 6 nitrogen and oxygen atoms in total. The Kier molecular flexibility index (Phi) is 6.23. The number of amides is 1. The molecule has 7 heteroatoms. The molecule has 1 aromatic rings. The number of hydrogen-bond acceptors (Lipinski definition) is 4. The lowest BCUT2D eigenvalue weighted by Crippen LogP contribution is -2.43. The molecule has 24 heavy (non-hydrogen) atoms. The second kappa shape index (κ2) is 7.98. The molecular weight excluding hydrogens is 328 g/mol. The van der Waals surface area contributed by atoms with Crippen LogP contribution < -0.4 is 4.74 Å². The minimum atomic E-state index is -3.70. The molecule has 1 aliphatic rings. The summed E-state index contributed by atoms with van der Waals surface area (Å²) < 4.78 is 31.9. The van der Waals surface area contributed by atoms with Gasteiger partial charge in [0.15, 0.2) is 0 Å². The average molecular weight is 354 g/mol. The number of nitrogens with zero attached hydrogens (tertiary/aromatic N) is 2. The molecule has 1 aliphatic heterocycles. The third-order valence-corrected chi connectivity index (χ3v) is 6.02. The number of carbonyl (C=O) groups excluding carboxylic acids is 1.